The number of rotatable bonds is 0. The molecule has 0 amide bonds. The standard InChI is InChI=1S/C4H10O.BH3O3/c1-4(2,3)5;2-1(3)4/h5H,1-3H3;2-4H. The average molecular weight is 136 g/mol. The number of hydrogen-bond donors (Lipinski definition) is 4. The van der Waals surface area contributed by atoms with Crippen molar-refractivity contribution < 1.29 is 20.2 Å². The Morgan fingerprint density at radius 2 is 1.00 bits per heavy atom. The Kier molecular flexibility index (Phi) is 6.16. The molecule has 4 N–H and O–H groups in total. The third kappa shape index (κ3) is 30500. The molecule has 0 heterocycles. The van der Waals surface area contributed by atoms with Crippen LogP contribution in [-0.4, -0.2) is 33.1 Å². The first-order valence-electron chi connectivity index (χ1n) is 2.50. The fraction of sp³-hybridized carbons (Fsp3) is 1.00. The van der Waals surface area contributed by atoms with Crippen LogP contribution in [0.5, 0.6) is 0 Å². The molecule has 0 saturated heterocycles. The Morgan fingerprint density at radius 1 is 1.00 bits per heavy atom. The summed E-state index contributed by atoms with van der Waals surface area (Å²) in [7, 11) is -2.17. The van der Waals surface area contributed by atoms with Gasteiger partial charge in [-0.25, -0.2) is 0 Å². The Labute approximate surface area is 54.9 Å². The maximum absolute atomic E-state index is 8.52. The molecule has 0 fully saturated rings. The lowest BCUT2D eigenvalue weighted by molar-refractivity contribution is 0.102. The topological polar surface area (TPSA) is 80.9 Å². The first kappa shape index (κ1) is 11.7. The van der Waals surface area contributed by atoms with Gasteiger partial charge >= 0.3 is 7.32 Å². The third-order valence-corrected chi connectivity index (χ3v) is 0. The van der Waals surface area contributed by atoms with Gasteiger partial charge in [0.25, 0.3) is 0 Å². The molecular weight excluding hydrogens is 123 g/mol. The molecule has 0 aromatic heterocycles. The molecule has 0 atom stereocenters. The van der Waals surface area contributed by atoms with Crippen molar-refractivity contribution in [1.82, 2.24) is 0 Å². The number of aliphatic hydroxyl groups is 1. The van der Waals surface area contributed by atoms with E-state index in [1.807, 2.05) is 0 Å². The van der Waals surface area contributed by atoms with Crippen molar-refractivity contribution in [2.45, 2.75) is 26.4 Å². The summed E-state index contributed by atoms with van der Waals surface area (Å²) in [5.74, 6) is 0. The van der Waals surface area contributed by atoms with E-state index in [0.717, 1.165) is 0 Å². The summed E-state index contributed by atoms with van der Waals surface area (Å²) < 4.78 is 0. The summed E-state index contributed by atoms with van der Waals surface area (Å²) in [6.45, 7) is 5.23. The molecule has 9 heavy (non-hydrogen) atoms. The van der Waals surface area contributed by atoms with Gasteiger partial charge in [-0.3, -0.25) is 0 Å². The summed E-state index contributed by atoms with van der Waals surface area (Å²) in [6, 6.07) is 0. The second-order valence-electron chi connectivity index (χ2n) is 2.52. The van der Waals surface area contributed by atoms with Gasteiger partial charge in [-0.15, -0.1) is 0 Å². The van der Waals surface area contributed by atoms with Gasteiger partial charge in [0.2, 0.25) is 0 Å². The molecule has 0 bridgehead atoms. The maximum atomic E-state index is 8.52. The van der Waals surface area contributed by atoms with Crippen molar-refractivity contribution in [2.75, 3.05) is 0 Å². The first-order chi connectivity index (χ1) is 3.73. The van der Waals surface area contributed by atoms with Crippen LogP contribution < -0.4 is 0 Å². The van der Waals surface area contributed by atoms with Crippen LogP contribution in [0.15, 0.2) is 0 Å². The molecule has 0 aromatic carbocycles. The fourth-order valence-electron chi connectivity index (χ4n) is 0. The zero-order valence-electron chi connectivity index (χ0n) is 5.87. The first-order valence-corrected chi connectivity index (χ1v) is 2.50. The van der Waals surface area contributed by atoms with Gasteiger partial charge in [0.1, 0.15) is 0 Å². The van der Waals surface area contributed by atoms with Crippen molar-refractivity contribution >= 4 is 7.32 Å². The van der Waals surface area contributed by atoms with E-state index in [9.17, 15) is 0 Å². The van der Waals surface area contributed by atoms with E-state index in [1.54, 1.807) is 20.8 Å². The minimum absolute atomic E-state index is 0.500. The van der Waals surface area contributed by atoms with Crippen LogP contribution >= 0.6 is 0 Å². The summed E-state index contributed by atoms with van der Waals surface area (Å²) in [6.07, 6.45) is 0. The van der Waals surface area contributed by atoms with E-state index < -0.39 is 12.9 Å². The molecule has 0 saturated carbocycles. The minimum Gasteiger partial charge on any atom is -0.402 e. The minimum atomic E-state index is -2.17. The number of hydrogen-bond acceptors (Lipinski definition) is 4. The molecule has 0 spiro atoms. The van der Waals surface area contributed by atoms with Gasteiger partial charge < -0.3 is 20.2 Å². The second kappa shape index (κ2) is 4.75. The molecular formula is C4H13BO4. The van der Waals surface area contributed by atoms with Crippen LogP contribution in [0.25, 0.3) is 0 Å². The zero-order valence-corrected chi connectivity index (χ0v) is 5.87. The van der Waals surface area contributed by atoms with Crippen LogP contribution in [0.4, 0.5) is 0 Å². The van der Waals surface area contributed by atoms with Crippen LogP contribution in [0.1, 0.15) is 20.8 Å². The summed E-state index contributed by atoms with van der Waals surface area (Å²) in [4.78, 5) is 0. The van der Waals surface area contributed by atoms with Crippen LogP contribution in [0.2, 0.25) is 0 Å². The zero-order chi connectivity index (χ0) is 8.08. The predicted molar refractivity (Wildman–Crippen MR) is 34.4 cm³/mol. The van der Waals surface area contributed by atoms with Crippen LogP contribution in [-0.2, 0) is 0 Å². The Morgan fingerprint density at radius 3 is 1.00 bits per heavy atom. The highest BCUT2D eigenvalue weighted by atomic mass is 16.5. The molecule has 5 heteroatoms. The Hall–Kier alpha value is -0.0951. The predicted octanol–water partition coefficient (Wildman–Crippen LogP) is -1.27. The average Bonchev–Trinajstić information content (AvgIpc) is 1.19. The van der Waals surface area contributed by atoms with Gasteiger partial charge in [0.05, 0.1) is 5.60 Å². The van der Waals surface area contributed by atoms with Crippen molar-refractivity contribution in [3.8, 4) is 0 Å². The summed E-state index contributed by atoms with van der Waals surface area (Å²) >= 11 is 0. The second-order valence-corrected chi connectivity index (χ2v) is 2.52. The van der Waals surface area contributed by atoms with E-state index in [1.165, 1.54) is 0 Å². The molecule has 0 radical (unpaired) electrons. The van der Waals surface area contributed by atoms with Crippen molar-refractivity contribution in [2.24, 2.45) is 0 Å². The SMILES string of the molecule is CC(C)(C)O.OB(O)O. The molecule has 0 aromatic rings. The van der Waals surface area contributed by atoms with Gasteiger partial charge in [-0.2, -0.15) is 0 Å². The lowest BCUT2D eigenvalue weighted by Gasteiger charge is -2.04. The smallest absolute Gasteiger partial charge is 0.402 e. The maximum Gasteiger partial charge on any atom is 0.631 e. The van der Waals surface area contributed by atoms with E-state index in [2.05, 4.69) is 0 Å². The van der Waals surface area contributed by atoms with Gasteiger partial charge in [0.15, 0.2) is 0 Å². The van der Waals surface area contributed by atoms with E-state index >= 15 is 0 Å². The monoisotopic (exact) mass is 136 g/mol. The lowest BCUT2D eigenvalue weighted by Crippen LogP contribution is -2.10. The van der Waals surface area contributed by atoms with Crippen LogP contribution in [0.3, 0.4) is 0 Å². The van der Waals surface area contributed by atoms with Gasteiger partial charge in [-0.05, 0) is 20.8 Å². The van der Waals surface area contributed by atoms with Crippen LogP contribution in [0, 0.1) is 0 Å². The van der Waals surface area contributed by atoms with Gasteiger partial charge in [-0.1, -0.05) is 0 Å². The molecule has 0 rings (SSSR count). The molecule has 0 aliphatic heterocycles. The molecule has 56 valence electrons. The Balaban J connectivity index is 0. The summed E-state index contributed by atoms with van der Waals surface area (Å²) in [5, 5.41) is 30.0. The molecule has 0 aliphatic rings. The molecule has 0 unspecified atom stereocenters. The van der Waals surface area contributed by atoms with E-state index in [4.69, 9.17) is 20.2 Å². The largest absolute Gasteiger partial charge is 0.631 e. The molecule has 4 nitrogen and oxygen atoms in total. The Bertz CT molecular complexity index is 49.3. The van der Waals surface area contributed by atoms with Crippen molar-refractivity contribution in [1.29, 1.82) is 0 Å². The van der Waals surface area contributed by atoms with E-state index in [-0.39, 0.29) is 0 Å². The van der Waals surface area contributed by atoms with Crippen molar-refractivity contribution in [3.63, 3.8) is 0 Å². The highest BCUT2D eigenvalue weighted by molar-refractivity contribution is 6.30. The normalized spacial score (nSPS) is 9.67. The lowest BCUT2D eigenvalue weighted by atomic mass is 10.2. The van der Waals surface area contributed by atoms with E-state index in [0.29, 0.717) is 0 Å². The van der Waals surface area contributed by atoms with Gasteiger partial charge in [0, 0.05) is 0 Å². The van der Waals surface area contributed by atoms with Crippen molar-refractivity contribution in [3.05, 3.63) is 0 Å². The summed E-state index contributed by atoms with van der Waals surface area (Å²) in [5.41, 5.74) is -0.500. The third-order valence-electron chi connectivity index (χ3n) is 0. The highest BCUT2D eigenvalue weighted by Gasteiger charge is 1.97. The highest BCUT2D eigenvalue weighted by Crippen LogP contribution is 1.93. The quantitative estimate of drug-likeness (QED) is 0.313. The fourth-order valence-corrected chi connectivity index (χ4v) is 0. The molecule has 0 aliphatic carbocycles.